The zero-order chi connectivity index (χ0) is 13.2. The first-order valence-corrected chi connectivity index (χ1v) is 7.99. The molecule has 1 aliphatic heterocycles. The maximum Gasteiger partial charge on any atom is 0.154 e. The molecule has 100 valence electrons. The number of sulfone groups is 1. The predicted molar refractivity (Wildman–Crippen MR) is 71.6 cm³/mol. The van der Waals surface area contributed by atoms with Crippen LogP contribution in [0.4, 0.5) is 0 Å². The van der Waals surface area contributed by atoms with Gasteiger partial charge in [-0.25, -0.2) is 8.42 Å². The topological polar surface area (TPSA) is 69.4 Å². The minimum absolute atomic E-state index is 0.128. The van der Waals surface area contributed by atoms with Crippen LogP contribution in [0.2, 0.25) is 0 Å². The van der Waals surface area contributed by atoms with Gasteiger partial charge in [0, 0.05) is 0 Å². The standard InChI is InChI=1S/C13H19NO3S/c1-10-3-2-4-11(5-7-14)13(10)17-12-6-8-18(15,16)9-12/h2-4,12H,5-9,14H2,1H3. The summed E-state index contributed by atoms with van der Waals surface area (Å²) in [6, 6.07) is 5.93. The van der Waals surface area contributed by atoms with E-state index in [9.17, 15) is 8.42 Å². The highest BCUT2D eigenvalue weighted by atomic mass is 32.2. The molecule has 1 fully saturated rings. The second-order valence-corrected chi connectivity index (χ2v) is 6.97. The van der Waals surface area contributed by atoms with Gasteiger partial charge >= 0.3 is 0 Å². The molecule has 5 heteroatoms. The van der Waals surface area contributed by atoms with E-state index < -0.39 is 9.84 Å². The monoisotopic (exact) mass is 269 g/mol. The Bertz CT molecular complexity index is 525. The van der Waals surface area contributed by atoms with Gasteiger partial charge in [0.05, 0.1) is 11.5 Å². The minimum atomic E-state index is -2.90. The largest absolute Gasteiger partial charge is 0.489 e. The van der Waals surface area contributed by atoms with Crippen LogP contribution in [-0.2, 0) is 16.3 Å². The molecule has 1 saturated heterocycles. The van der Waals surface area contributed by atoms with Gasteiger partial charge in [-0.2, -0.15) is 0 Å². The van der Waals surface area contributed by atoms with Gasteiger partial charge in [-0.05, 0) is 37.4 Å². The summed E-state index contributed by atoms with van der Waals surface area (Å²) in [5.41, 5.74) is 7.67. The summed E-state index contributed by atoms with van der Waals surface area (Å²) in [7, 11) is -2.90. The first-order valence-electron chi connectivity index (χ1n) is 6.17. The molecule has 1 unspecified atom stereocenters. The summed E-state index contributed by atoms with van der Waals surface area (Å²) in [6.45, 7) is 2.53. The highest BCUT2D eigenvalue weighted by molar-refractivity contribution is 7.91. The lowest BCUT2D eigenvalue weighted by Crippen LogP contribution is -2.19. The fraction of sp³-hybridized carbons (Fsp3) is 0.538. The van der Waals surface area contributed by atoms with Crippen molar-refractivity contribution in [1.29, 1.82) is 0 Å². The summed E-state index contributed by atoms with van der Waals surface area (Å²) < 4.78 is 28.7. The molecule has 2 rings (SSSR count). The number of ether oxygens (including phenoxy) is 1. The van der Waals surface area contributed by atoms with Gasteiger partial charge in [0.1, 0.15) is 11.9 Å². The molecule has 2 N–H and O–H groups in total. The van der Waals surface area contributed by atoms with Gasteiger partial charge in [0.25, 0.3) is 0 Å². The van der Waals surface area contributed by atoms with Crippen molar-refractivity contribution in [2.24, 2.45) is 5.73 Å². The van der Waals surface area contributed by atoms with Crippen molar-refractivity contribution in [2.75, 3.05) is 18.1 Å². The molecule has 0 spiro atoms. The summed E-state index contributed by atoms with van der Waals surface area (Å²) in [5, 5.41) is 0. The van der Waals surface area contributed by atoms with Gasteiger partial charge in [-0.15, -0.1) is 0 Å². The van der Waals surface area contributed by atoms with Crippen molar-refractivity contribution < 1.29 is 13.2 Å². The first-order chi connectivity index (χ1) is 8.52. The Balaban J connectivity index is 2.18. The van der Waals surface area contributed by atoms with Crippen molar-refractivity contribution in [1.82, 2.24) is 0 Å². The lowest BCUT2D eigenvalue weighted by molar-refractivity contribution is 0.225. The molecule has 0 aromatic heterocycles. The summed E-state index contributed by atoms with van der Waals surface area (Å²) in [6.07, 6.45) is 1.11. The van der Waals surface area contributed by atoms with Gasteiger partial charge < -0.3 is 10.5 Å². The molecule has 0 bridgehead atoms. The number of benzene rings is 1. The Hall–Kier alpha value is -1.07. The van der Waals surface area contributed by atoms with Crippen LogP contribution in [0.5, 0.6) is 5.75 Å². The molecule has 0 amide bonds. The SMILES string of the molecule is Cc1cccc(CCN)c1OC1CCS(=O)(=O)C1. The Morgan fingerprint density at radius 2 is 2.22 bits per heavy atom. The van der Waals surface area contributed by atoms with E-state index in [4.69, 9.17) is 10.5 Å². The second kappa shape index (κ2) is 5.28. The predicted octanol–water partition coefficient (Wildman–Crippen LogP) is 1.06. The number of hydrogen-bond donors (Lipinski definition) is 1. The van der Waals surface area contributed by atoms with Crippen LogP contribution >= 0.6 is 0 Å². The van der Waals surface area contributed by atoms with E-state index in [1.807, 2.05) is 25.1 Å². The summed E-state index contributed by atoms with van der Waals surface area (Å²) in [4.78, 5) is 0. The van der Waals surface area contributed by atoms with Crippen LogP contribution < -0.4 is 10.5 Å². The smallest absolute Gasteiger partial charge is 0.154 e. The van der Waals surface area contributed by atoms with Crippen LogP contribution in [0, 0.1) is 6.92 Å². The minimum Gasteiger partial charge on any atom is -0.489 e. The quantitative estimate of drug-likeness (QED) is 0.887. The molecular formula is C13H19NO3S. The number of aryl methyl sites for hydroxylation is 1. The maximum atomic E-state index is 11.4. The van der Waals surface area contributed by atoms with Gasteiger partial charge in [-0.3, -0.25) is 0 Å². The lowest BCUT2D eigenvalue weighted by Gasteiger charge is -2.17. The van der Waals surface area contributed by atoms with Crippen molar-refractivity contribution >= 4 is 9.84 Å². The fourth-order valence-electron chi connectivity index (χ4n) is 2.25. The number of nitrogens with two attached hydrogens (primary N) is 1. The fourth-order valence-corrected chi connectivity index (χ4v) is 3.84. The van der Waals surface area contributed by atoms with Crippen molar-refractivity contribution in [3.05, 3.63) is 29.3 Å². The zero-order valence-corrected chi connectivity index (χ0v) is 11.4. The Morgan fingerprint density at radius 3 is 2.83 bits per heavy atom. The van der Waals surface area contributed by atoms with Crippen molar-refractivity contribution in [2.45, 2.75) is 25.9 Å². The molecule has 0 aliphatic carbocycles. The molecule has 1 aliphatic rings. The van der Waals surface area contributed by atoms with Crippen LogP contribution in [0.25, 0.3) is 0 Å². The lowest BCUT2D eigenvalue weighted by atomic mass is 10.1. The van der Waals surface area contributed by atoms with E-state index in [1.165, 1.54) is 0 Å². The zero-order valence-electron chi connectivity index (χ0n) is 10.6. The summed E-state index contributed by atoms with van der Waals surface area (Å²) in [5.74, 6) is 1.17. The molecule has 18 heavy (non-hydrogen) atoms. The summed E-state index contributed by atoms with van der Waals surface area (Å²) >= 11 is 0. The highest BCUT2D eigenvalue weighted by Gasteiger charge is 2.30. The number of hydrogen-bond acceptors (Lipinski definition) is 4. The van der Waals surface area contributed by atoms with Crippen LogP contribution in [0.15, 0.2) is 18.2 Å². The van der Waals surface area contributed by atoms with Crippen LogP contribution in [0.1, 0.15) is 17.5 Å². The molecule has 0 radical (unpaired) electrons. The highest BCUT2D eigenvalue weighted by Crippen LogP contribution is 2.27. The number of rotatable bonds is 4. The van der Waals surface area contributed by atoms with Gasteiger partial charge in [0.15, 0.2) is 9.84 Å². The molecule has 4 nitrogen and oxygen atoms in total. The van der Waals surface area contributed by atoms with E-state index in [0.29, 0.717) is 13.0 Å². The molecule has 1 heterocycles. The van der Waals surface area contributed by atoms with E-state index in [-0.39, 0.29) is 17.6 Å². The molecule has 1 aromatic carbocycles. The van der Waals surface area contributed by atoms with Crippen LogP contribution in [-0.4, -0.2) is 32.6 Å². The Labute approximate surface area is 108 Å². The average molecular weight is 269 g/mol. The van der Waals surface area contributed by atoms with Gasteiger partial charge in [0.2, 0.25) is 0 Å². The Kier molecular flexibility index (Phi) is 3.92. The van der Waals surface area contributed by atoms with E-state index in [1.54, 1.807) is 0 Å². The van der Waals surface area contributed by atoms with Crippen molar-refractivity contribution in [3.63, 3.8) is 0 Å². The third kappa shape index (κ3) is 3.03. The third-order valence-electron chi connectivity index (χ3n) is 3.18. The molecule has 0 saturated carbocycles. The normalized spacial score (nSPS) is 22.0. The van der Waals surface area contributed by atoms with E-state index >= 15 is 0 Å². The third-order valence-corrected chi connectivity index (χ3v) is 4.92. The van der Waals surface area contributed by atoms with E-state index in [2.05, 4.69) is 0 Å². The van der Waals surface area contributed by atoms with Crippen LogP contribution in [0.3, 0.4) is 0 Å². The first kappa shape index (κ1) is 13.4. The second-order valence-electron chi connectivity index (χ2n) is 4.74. The Morgan fingerprint density at radius 1 is 1.44 bits per heavy atom. The molecular weight excluding hydrogens is 250 g/mol. The van der Waals surface area contributed by atoms with Crippen molar-refractivity contribution in [3.8, 4) is 5.75 Å². The number of para-hydroxylation sites is 1. The maximum absolute atomic E-state index is 11.4. The van der Waals surface area contributed by atoms with Gasteiger partial charge in [-0.1, -0.05) is 18.2 Å². The molecule has 1 aromatic rings. The van der Waals surface area contributed by atoms with E-state index in [0.717, 1.165) is 23.3 Å². The average Bonchev–Trinajstić information content (AvgIpc) is 2.63. The molecule has 1 atom stereocenters.